The van der Waals surface area contributed by atoms with Gasteiger partial charge in [0, 0.05) is 16.0 Å². The molecule has 2 heterocycles. The minimum atomic E-state index is 0.584. The lowest BCUT2D eigenvalue weighted by atomic mass is 10.2. The van der Waals surface area contributed by atoms with Crippen LogP contribution in [-0.2, 0) is 0 Å². The molecule has 0 saturated heterocycles. The van der Waals surface area contributed by atoms with Crippen molar-refractivity contribution in [2.75, 3.05) is 5.75 Å². The summed E-state index contributed by atoms with van der Waals surface area (Å²) in [5.41, 5.74) is 0. The van der Waals surface area contributed by atoms with Crippen LogP contribution in [0.5, 0.6) is 0 Å². The molecule has 2 nitrogen and oxygen atoms in total. The van der Waals surface area contributed by atoms with Crippen LogP contribution in [0, 0.1) is 6.92 Å². The smallest absolute Gasteiger partial charge is 0.190 e. The summed E-state index contributed by atoms with van der Waals surface area (Å²) >= 11 is 9.57. The van der Waals surface area contributed by atoms with Gasteiger partial charge < -0.3 is 0 Å². The van der Waals surface area contributed by atoms with E-state index in [1.165, 1.54) is 30.6 Å². The molecule has 0 saturated carbocycles. The minimum Gasteiger partial charge on any atom is -0.211 e. The quantitative estimate of drug-likeness (QED) is 0.312. The summed E-state index contributed by atoms with van der Waals surface area (Å²) in [6.45, 7) is 4.29. The molecule has 2 aromatic heterocycles. The summed E-state index contributed by atoms with van der Waals surface area (Å²) in [6, 6.07) is 2.05. The number of aromatic nitrogens is 2. The van der Waals surface area contributed by atoms with Gasteiger partial charge >= 0.3 is 0 Å². The molecule has 2 aromatic rings. The summed E-state index contributed by atoms with van der Waals surface area (Å²) in [5, 5.41) is 2.38. The predicted octanol–water partition coefficient (Wildman–Crippen LogP) is 5.33. The highest BCUT2D eigenvalue weighted by atomic mass is 35.5. The van der Waals surface area contributed by atoms with Crippen LogP contribution in [0.2, 0.25) is 5.15 Å². The van der Waals surface area contributed by atoms with Crippen LogP contribution in [0.3, 0.4) is 0 Å². The Labute approximate surface area is 121 Å². The average Bonchev–Trinajstić information content (AvgIpc) is 2.70. The van der Waals surface area contributed by atoms with Gasteiger partial charge in [0.25, 0.3) is 0 Å². The van der Waals surface area contributed by atoms with Gasteiger partial charge in [-0.05, 0) is 19.4 Å². The van der Waals surface area contributed by atoms with Crippen molar-refractivity contribution in [3.8, 4) is 0 Å². The Morgan fingerprint density at radius 3 is 2.89 bits per heavy atom. The number of nitrogens with zero attached hydrogens (tertiary/aromatic N) is 2. The predicted molar refractivity (Wildman–Crippen MR) is 82.0 cm³/mol. The van der Waals surface area contributed by atoms with E-state index in [-0.39, 0.29) is 0 Å². The van der Waals surface area contributed by atoms with Crippen molar-refractivity contribution in [3.63, 3.8) is 0 Å². The average molecular weight is 301 g/mol. The van der Waals surface area contributed by atoms with Gasteiger partial charge in [-0.15, -0.1) is 11.3 Å². The number of rotatable bonds is 6. The summed E-state index contributed by atoms with van der Waals surface area (Å²) in [4.78, 5) is 11.1. The van der Waals surface area contributed by atoms with Gasteiger partial charge in [0.15, 0.2) is 5.16 Å². The highest BCUT2D eigenvalue weighted by molar-refractivity contribution is 7.99. The fourth-order valence-electron chi connectivity index (χ4n) is 1.75. The van der Waals surface area contributed by atoms with E-state index in [1.807, 2.05) is 0 Å². The third-order valence-electron chi connectivity index (χ3n) is 2.68. The van der Waals surface area contributed by atoms with E-state index in [9.17, 15) is 0 Å². The molecule has 0 aliphatic rings. The van der Waals surface area contributed by atoms with Crippen molar-refractivity contribution in [2.24, 2.45) is 0 Å². The van der Waals surface area contributed by atoms with Gasteiger partial charge in [-0.3, -0.25) is 0 Å². The Hall–Kier alpha value is -0.320. The number of fused-ring (bicyclic) bond motifs is 1. The third-order valence-corrected chi connectivity index (χ3v) is 4.84. The Balaban J connectivity index is 2.00. The van der Waals surface area contributed by atoms with Crippen molar-refractivity contribution in [2.45, 2.75) is 44.7 Å². The minimum absolute atomic E-state index is 0.584. The summed E-state index contributed by atoms with van der Waals surface area (Å²) in [7, 11) is 0. The number of hydrogen-bond donors (Lipinski definition) is 0. The summed E-state index contributed by atoms with van der Waals surface area (Å²) < 4.78 is 0. The summed E-state index contributed by atoms with van der Waals surface area (Å²) in [6.07, 6.45) is 5.09. The monoisotopic (exact) mass is 300 g/mol. The molecule has 18 heavy (non-hydrogen) atoms. The lowest BCUT2D eigenvalue weighted by molar-refractivity contribution is 0.706. The van der Waals surface area contributed by atoms with Gasteiger partial charge in [-0.2, -0.15) is 0 Å². The van der Waals surface area contributed by atoms with Crippen LogP contribution < -0.4 is 0 Å². The van der Waals surface area contributed by atoms with Crippen molar-refractivity contribution in [1.82, 2.24) is 9.97 Å². The van der Waals surface area contributed by atoms with E-state index in [0.29, 0.717) is 5.15 Å². The fraction of sp³-hybridized carbons (Fsp3) is 0.538. The molecule has 0 aliphatic carbocycles. The van der Waals surface area contributed by atoms with Gasteiger partial charge in [-0.25, -0.2) is 9.97 Å². The summed E-state index contributed by atoms with van der Waals surface area (Å²) in [5.74, 6) is 1.08. The maximum absolute atomic E-state index is 6.18. The van der Waals surface area contributed by atoms with Gasteiger partial charge in [0.2, 0.25) is 0 Å². The van der Waals surface area contributed by atoms with E-state index >= 15 is 0 Å². The Bertz CT molecular complexity index is 525. The normalized spacial score (nSPS) is 11.3. The molecule has 98 valence electrons. The van der Waals surface area contributed by atoms with E-state index in [0.717, 1.165) is 21.1 Å². The second-order valence-electron chi connectivity index (χ2n) is 4.28. The molecule has 5 heteroatoms. The zero-order valence-corrected chi connectivity index (χ0v) is 13.1. The molecular formula is C13H17ClN2S2. The first kappa shape index (κ1) is 14.1. The standard InChI is InChI=1S/C13H17ClN2S2/c1-3-4-5-6-7-17-13-15-11(14)10-8-9(2)18-12(10)16-13/h8H,3-7H2,1-2H3. The van der Waals surface area contributed by atoms with Crippen LogP contribution in [0.4, 0.5) is 0 Å². The third kappa shape index (κ3) is 3.59. The molecule has 0 N–H and O–H groups in total. The molecule has 2 rings (SSSR count). The first-order valence-electron chi connectivity index (χ1n) is 6.27. The highest BCUT2D eigenvalue weighted by Crippen LogP contribution is 2.30. The lowest BCUT2D eigenvalue weighted by Gasteiger charge is -2.01. The molecule has 0 aliphatic heterocycles. The number of halogens is 1. The van der Waals surface area contributed by atoms with Crippen LogP contribution >= 0.6 is 34.7 Å². The zero-order chi connectivity index (χ0) is 13.0. The Morgan fingerprint density at radius 2 is 2.11 bits per heavy atom. The SMILES string of the molecule is CCCCCCSc1nc(Cl)c2cc(C)sc2n1. The molecule has 0 unspecified atom stereocenters. The van der Waals surface area contributed by atoms with Crippen LogP contribution in [-0.4, -0.2) is 15.7 Å². The molecule has 0 aromatic carbocycles. The second kappa shape index (κ2) is 6.73. The largest absolute Gasteiger partial charge is 0.211 e. The second-order valence-corrected chi connectivity index (χ2v) is 6.94. The van der Waals surface area contributed by atoms with Gasteiger partial charge in [0.05, 0.1) is 0 Å². The van der Waals surface area contributed by atoms with Crippen molar-refractivity contribution in [3.05, 3.63) is 16.1 Å². The highest BCUT2D eigenvalue weighted by Gasteiger charge is 2.09. The van der Waals surface area contributed by atoms with Gasteiger partial charge in [-0.1, -0.05) is 49.5 Å². The van der Waals surface area contributed by atoms with Crippen molar-refractivity contribution in [1.29, 1.82) is 0 Å². The molecule has 0 amide bonds. The first-order valence-corrected chi connectivity index (χ1v) is 8.45. The van der Waals surface area contributed by atoms with E-state index < -0.39 is 0 Å². The van der Waals surface area contributed by atoms with E-state index in [4.69, 9.17) is 11.6 Å². The van der Waals surface area contributed by atoms with Crippen molar-refractivity contribution >= 4 is 44.9 Å². The Kier molecular flexibility index (Phi) is 5.27. The van der Waals surface area contributed by atoms with Gasteiger partial charge in [0.1, 0.15) is 9.98 Å². The fourth-order valence-corrected chi connectivity index (χ4v) is 3.86. The topological polar surface area (TPSA) is 25.8 Å². The molecule has 0 radical (unpaired) electrons. The maximum atomic E-state index is 6.18. The molecule has 0 bridgehead atoms. The Morgan fingerprint density at radius 1 is 1.28 bits per heavy atom. The maximum Gasteiger partial charge on any atom is 0.190 e. The first-order chi connectivity index (χ1) is 8.70. The number of aryl methyl sites for hydroxylation is 1. The number of thioether (sulfide) groups is 1. The van der Waals surface area contributed by atoms with Crippen LogP contribution in [0.25, 0.3) is 10.2 Å². The molecule has 0 atom stereocenters. The number of unbranched alkanes of at least 4 members (excludes halogenated alkanes) is 3. The molecule has 0 fully saturated rings. The molecular weight excluding hydrogens is 284 g/mol. The van der Waals surface area contributed by atoms with Crippen LogP contribution in [0.15, 0.2) is 11.2 Å². The lowest BCUT2D eigenvalue weighted by Crippen LogP contribution is -1.89. The molecule has 0 spiro atoms. The van der Waals surface area contributed by atoms with E-state index in [2.05, 4.69) is 29.9 Å². The number of hydrogen-bond acceptors (Lipinski definition) is 4. The van der Waals surface area contributed by atoms with Crippen LogP contribution in [0.1, 0.15) is 37.5 Å². The number of thiophene rings is 1. The van der Waals surface area contributed by atoms with Crippen molar-refractivity contribution < 1.29 is 0 Å². The zero-order valence-electron chi connectivity index (χ0n) is 10.7. The van der Waals surface area contributed by atoms with E-state index in [1.54, 1.807) is 23.1 Å².